The lowest BCUT2D eigenvalue weighted by Crippen LogP contribution is -2.34. The number of benzene rings is 2. The van der Waals surface area contributed by atoms with Crippen molar-refractivity contribution in [3.8, 4) is 0 Å². The molecule has 29 heavy (non-hydrogen) atoms. The SMILES string of the molecule is CCOC(=O)CCN(Cc1c(Cl)cccc1Cl)S(=O)(=O)c1c(C)cc(C)cc1C. The Morgan fingerprint density at radius 3 is 2.14 bits per heavy atom. The fourth-order valence-electron chi connectivity index (χ4n) is 3.30. The molecule has 2 aromatic carbocycles. The topological polar surface area (TPSA) is 63.7 Å². The van der Waals surface area contributed by atoms with Crippen LogP contribution in [-0.4, -0.2) is 31.8 Å². The summed E-state index contributed by atoms with van der Waals surface area (Å²) in [6, 6.07) is 8.65. The van der Waals surface area contributed by atoms with E-state index in [1.165, 1.54) is 4.31 Å². The van der Waals surface area contributed by atoms with Gasteiger partial charge in [0.05, 0.1) is 17.9 Å². The quantitative estimate of drug-likeness (QED) is 0.519. The van der Waals surface area contributed by atoms with Crippen LogP contribution in [0.4, 0.5) is 0 Å². The molecule has 0 unspecified atom stereocenters. The molecule has 0 bridgehead atoms. The molecular weight excluding hydrogens is 433 g/mol. The van der Waals surface area contributed by atoms with Gasteiger partial charge in [-0.1, -0.05) is 47.0 Å². The van der Waals surface area contributed by atoms with E-state index >= 15 is 0 Å². The Labute approximate surface area is 182 Å². The second kappa shape index (κ2) is 9.94. The van der Waals surface area contributed by atoms with Crippen molar-refractivity contribution in [1.29, 1.82) is 0 Å². The first-order valence-electron chi connectivity index (χ1n) is 9.24. The Morgan fingerprint density at radius 1 is 1.07 bits per heavy atom. The maximum atomic E-state index is 13.6. The van der Waals surface area contributed by atoms with Gasteiger partial charge < -0.3 is 4.74 Å². The van der Waals surface area contributed by atoms with Crippen molar-refractivity contribution in [2.24, 2.45) is 0 Å². The Balaban J connectivity index is 2.50. The van der Waals surface area contributed by atoms with Crippen LogP contribution in [0.3, 0.4) is 0 Å². The molecule has 2 rings (SSSR count). The van der Waals surface area contributed by atoms with Crippen molar-refractivity contribution in [3.05, 3.63) is 62.6 Å². The van der Waals surface area contributed by atoms with Gasteiger partial charge in [-0.3, -0.25) is 4.79 Å². The molecule has 0 aliphatic heterocycles. The molecule has 158 valence electrons. The minimum atomic E-state index is -3.91. The molecule has 0 radical (unpaired) electrons. The number of rotatable bonds is 8. The van der Waals surface area contributed by atoms with Crippen molar-refractivity contribution in [3.63, 3.8) is 0 Å². The van der Waals surface area contributed by atoms with Crippen LogP contribution in [0, 0.1) is 20.8 Å². The van der Waals surface area contributed by atoms with E-state index < -0.39 is 16.0 Å². The maximum Gasteiger partial charge on any atom is 0.307 e. The van der Waals surface area contributed by atoms with Gasteiger partial charge in [0.25, 0.3) is 0 Å². The molecule has 0 fully saturated rings. The van der Waals surface area contributed by atoms with E-state index in [2.05, 4.69) is 0 Å². The average Bonchev–Trinajstić information content (AvgIpc) is 2.59. The molecule has 0 spiro atoms. The zero-order valence-corrected chi connectivity index (χ0v) is 19.3. The van der Waals surface area contributed by atoms with Gasteiger partial charge >= 0.3 is 5.97 Å². The third-order valence-electron chi connectivity index (χ3n) is 4.47. The van der Waals surface area contributed by atoms with Crippen LogP contribution in [-0.2, 0) is 26.1 Å². The number of sulfonamides is 1. The lowest BCUT2D eigenvalue weighted by Gasteiger charge is -2.25. The summed E-state index contributed by atoms with van der Waals surface area (Å²) in [4.78, 5) is 12.1. The number of aryl methyl sites for hydroxylation is 3. The van der Waals surface area contributed by atoms with Crippen LogP contribution in [0.5, 0.6) is 0 Å². The third kappa shape index (κ3) is 5.72. The van der Waals surface area contributed by atoms with E-state index in [0.29, 0.717) is 26.7 Å². The van der Waals surface area contributed by atoms with E-state index in [-0.39, 0.29) is 31.0 Å². The zero-order valence-electron chi connectivity index (χ0n) is 17.0. The molecule has 8 heteroatoms. The average molecular weight is 458 g/mol. The predicted octanol–water partition coefficient (Wildman–Crippen LogP) is 5.06. The summed E-state index contributed by atoms with van der Waals surface area (Å²) in [6.07, 6.45) is -0.0703. The number of nitrogens with zero attached hydrogens (tertiary/aromatic N) is 1. The smallest absolute Gasteiger partial charge is 0.307 e. The zero-order chi connectivity index (χ0) is 21.8. The number of carbonyl (C=O) groups excluding carboxylic acids is 1. The van der Waals surface area contributed by atoms with E-state index in [9.17, 15) is 13.2 Å². The molecule has 0 saturated heterocycles. The first kappa shape index (κ1) is 23.7. The fraction of sp³-hybridized carbons (Fsp3) is 0.381. The van der Waals surface area contributed by atoms with Crippen molar-refractivity contribution in [1.82, 2.24) is 4.31 Å². The lowest BCUT2D eigenvalue weighted by molar-refractivity contribution is -0.143. The molecular formula is C21H25Cl2NO4S. The molecule has 0 atom stereocenters. The summed E-state index contributed by atoms with van der Waals surface area (Å²) in [5.41, 5.74) is 2.76. The van der Waals surface area contributed by atoms with Crippen molar-refractivity contribution >= 4 is 39.2 Å². The third-order valence-corrected chi connectivity index (χ3v) is 7.33. The summed E-state index contributed by atoms with van der Waals surface area (Å²) in [5, 5.41) is 0.734. The van der Waals surface area contributed by atoms with E-state index in [4.69, 9.17) is 27.9 Å². The Kier molecular flexibility index (Phi) is 8.11. The molecule has 0 heterocycles. The summed E-state index contributed by atoms with van der Waals surface area (Å²) >= 11 is 12.5. The highest BCUT2D eigenvalue weighted by Gasteiger charge is 2.29. The molecule has 0 saturated carbocycles. The molecule has 0 amide bonds. The van der Waals surface area contributed by atoms with Crippen molar-refractivity contribution < 1.29 is 17.9 Å². The van der Waals surface area contributed by atoms with Crippen molar-refractivity contribution in [2.45, 2.75) is 45.6 Å². The monoisotopic (exact) mass is 457 g/mol. The number of ether oxygens (including phenoxy) is 1. The second-order valence-electron chi connectivity index (χ2n) is 6.82. The number of hydrogen-bond acceptors (Lipinski definition) is 4. The van der Waals surface area contributed by atoms with Gasteiger partial charge in [0, 0.05) is 28.7 Å². The standard InChI is InChI=1S/C21H25Cl2NO4S/c1-5-28-20(25)9-10-24(13-17-18(22)7-6-8-19(17)23)29(26,27)21-15(3)11-14(2)12-16(21)4/h6-8,11-12H,5,9-10,13H2,1-4H3. The largest absolute Gasteiger partial charge is 0.466 e. The Bertz CT molecular complexity index is 962. The number of hydrogen-bond donors (Lipinski definition) is 0. The van der Waals surface area contributed by atoms with Gasteiger partial charge in [-0.2, -0.15) is 4.31 Å². The highest BCUT2D eigenvalue weighted by Crippen LogP contribution is 2.30. The maximum absolute atomic E-state index is 13.6. The highest BCUT2D eigenvalue weighted by atomic mass is 35.5. The Hall–Kier alpha value is -1.60. The van der Waals surface area contributed by atoms with Gasteiger partial charge in [-0.25, -0.2) is 8.42 Å². The summed E-state index contributed by atoms with van der Waals surface area (Å²) in [5.74, 6) is -0.463. The molecule has 5 nitrogen and oxygen atoms in total. The first-order chi connectivity index (χ1) is 13.6. The van der Waals surface area contributed by atoms with E-state index in [1.807, 2.05) is 19.1 Å². The van der Waals surface area contributed by atoms with Crippen molar-refractivity contribution in [2.75, 3.05) is 13.2 Å². The van der Waals surface area contributed by atoms with Crippen LogP contribution in [0.15, 0.2) is 35.2 Å². The summed E-state index contributed by atoms with van der Waals surface area (Å²) in [7, 11) is -3.91. The van der Waals surface area contributed by atoms with Crippen LogP contribution in [0.25, 0.3) is 0 Å². The predicted molar refractivity (Wildman–Crippen MR) is 116 cm³/mol. The fourth-order valence-corrected chi connectivity index (χ4v) is 5.63. The van der Waals surface area contributed by atoms with Gasteiger partial charge in [-0.05, 0) is 51.0 Å². The molecule has 0 N–H and O–H groups in total. The van der Waals surface area contributed by atoms with Crippen LogP contribution in [0.1, 0.15) is 35.6 Å². The van der Waals surface area contributed by atoms with Crippen LogP contribution in [0.2, 0.25) is 10.0 Å². The van der Waals surface area contributed by atoms with Crippen LogP contribution < -0.4 is 0 Å². The molecule has 0 aromatic heterocycles. The number of carbonyl (C=O) groups is 1. The minimum absolute atomic E-state index is 0.0462. The van der Waals surface area contributed by atoms with Gasteiger partial charge in [0.15, 0.2) is 0 Å². The lowest BCUT2D eigenvalue weighted by atomic mass is 10.1. The molecule has 0 aliphatic carbocycles. The first-order valence-corrected chi connectivity index (χ1v) is 11.4. The van der Waals surface area contributed by atoms with E-state index in [1.54, 1.807) is 39.0 Å². The molecule has 0 aliphatic rings. The van der Waals surface area contributed by atoms with Gasteiger partial charge in [0.2, 0.25) is 10.0 Å². The molecule has 2 aromatic rings. The van der Waals surface area contributed by atoms with Gasteiger partial charge in [-0.15, -0.1) is 0 Å². The Morgan fingerprint density at radius 2 is 1.62 bits per heavy atom. The number of esters is 1. The van der Waals surface area contributed by atoms with Gasteiger partial charge in [0.1, 0.15) is 0 Å². The summed E-state index contributed by atoms with van der Waals surface area (Å²) < 4.78 is 33.3. The number of halogens is 2. The summed E-state index contributed by atoms with van der Waals surface area (Å²) in [6.45, 7) is 7.28. The normalized spacial score (nSPS) is 11.7. The van der Waals surface area contributed by atoms with Crippen LogP contribution >= 0.6 is 23.2 Å². The minimum Gasteiger partial charge on any atom is -0.466 e. The highest BCUT2D eigenvalue weighted by molar-refractivity contribution is 7.89. The second-order valence-corrected chi connectivity index (χ2v) is 9.51. The van der Waals surface area contributed by atoms with E-state index in [0.717, 1.165) is 5.56 Å².